The summed E-state index contributed by atoms with van der Waals surface area (Å²) in [6.45, 7) is 4.07. The van der Waals surface area contributed by atoms with E-state index in [0.29, 0.717) is 0 Å². The van der Waals surface area contributed by atoms with Crippen molar-refractivity contribution in [2.24, 2.45) is 0 Å². The van der Waals surface area contributed by atoms with Gasteiger partial charge in [-0.15, -0.1) is 0 Å². The highest BCUT2D eigenvalue weighted by atomic mass is 16.5. The monoisotopic (exact) mass is 383 g/mol. The van der Waals surface area contributed by atoms with Crippen molar-refractivity contribution >= 4 is 11.9 Å². The van der Waals surface area contributed by atoms with Crippen LogP contribution < -0.4 is 5.32 Å². The minimum atomic E-state index is -1.50. The third-order valence-electron chi connectivity index (χ3n) is 3.76. The van der Waals surface area contributed by atoms with Crippen molar-refractivity contribution in [2.45, 2.75) is 64.3 Å². The summed E-state index contributed by atoms with van der Waals surface area (Å²) in [4.78, 5) is 23.8. The minimum absolute atomic E-state index is 0.0734. The van der Waals surface area contributed by atoms with Crippen molar-refractivity contribution in [3.05, 3.63) is 35.9 Å². The maximum atomic E-state index is 12.2. The van der Waals surface area contributed by atoms with E-state index in [2.05, 4.69) is 5.32 Å². The fourth-order valence-electron chi connectivity index (χ4n) is 2.54. The van der Waals surface area contributed by atoms with Gasteiger partial charge < -0.3 is 30.1 Å². The van der Waals surface area contributed by atoms with Crippen LogP contribution in [0.15, 0.2) is 30.3 Å². The molecule has 3 unspecified atom stereocenters. The zero-order valence-electron chi connectivity index (χ0n) is 15.9. The third-order valence-corrected chi connectivity index (χ3v) is 3.76. The third kappa shape index (κ3) is 8.49. The Morgan fingerprint density at radius 2 is 1.78 bits per heavy atom. The van der Waals surface area contributed by atoms with Crippen LogP contribution in [0, 0.1) is 0 Å². The second-order valence-electron chi connectivity index (χ2n) is 6.55. The number of rotatable bonds is 11. The molecule has 0 fully saturated rings. The topological polar surface area (TPSA) is 125 Å². The average Bonchev–Trinajstić information content (AvgIpc) is 2.63. The van der Waals surface area contributed by atoms with E-state index in [4.69, 9.17) is 14.6 Å². The maximum Gasteiger partial charge on any atom is 0.308 e. The van der Waals surface area contributed by atoms with E-state index in [-0.39, 0.29) is 19.1 Å². The van der Waals surface area contributed by atoms with Gasteiger partial charge in [0.05, 0.1) is 25.2 Å². The Balaban J connectivity index is 2.85. The van der Waals surface area contributed by atoms with Crippen LogP contribution in [0.4, 0.5) is 0 Å². The molecule has 0 saturated carbocycles. The number of esters is 1. The lowest BCUT2D eigenvalue weighted by atomic mass is 9.98. The Morgan fingerprint density at radius 1 is 1.15 bits per heavy atom. The Kier molecular flexibility index (Phi) is 9.95. The number of amides is 1. The van der Waals surface area contributed by atoms with Crippen LogP contribution >= 0.6 is 0 Å². The predicted octanol–water partition coefficient (Wildman–Crippen LogP) is 0.132. The molecule has 27 heavy (non-hydrogen) atoms. The molecule has 0 aliphatic carbocycles. The summed E-state index contributed by atoms with van der Waals surface area (Å²) in [7, 11) is 0. The highest BCUT2D eigenvalue weighted by Crippen LogP contribution is 2.16. The normalized spacial score (nSPS) is 15.7. The van der Waals surface area contributed by atoms with E-state index < -0.39 is 42.8 Å². The first-order valence-corrected chi connectivity index (χ1v) is 8.83. The Hall–Kier alpha value is -2.00. The van der Waals surface area contributed by atoms with E-state index in [9.17, 15) is 19.8 Å². The van der Waals surface area contributed by atoms with Crippen LogP contribution in [0.3, 0.4) is 0 Å². The van der Waals surface area contributed by atoms with Gasteiger partial charge in [0.2, 0.25) is 5.91 Å². The highest BCUT2D eigenvalue weighted by molar-refractivity contribution is 5.75. The summed E-state index contributed by atoms with van der Waals surface area (Å²) < 4.78 is 10.8. The first-order chi connectivity index (χ1) is 12.7. The summed E-state index contributed by atoms with van der Waals surface area (Å²) in [5.74, 6) is -1.03. The van der Waals surface area contributed by atoms with E-state index in [1.165, 1.54) is 6.92 Å². The van der Waals surface area contributed by atoms with E-state index in [0.717, 1.165) is 5.56 Å². The van der Waals surface area contributed by atoms with Crippen LogP contribution in [0.25, 0.3) is 0 Å². The predicted molar refractivity (Wildman–Crippen MR) is 97.6 cm³/mol. The van der Waals surface area contributed by atoms with Crippen LogP contribution in [-0.4, -0.2) is 64.3 Å². The van der Waals surface area contributed by atoms with Gasteiger partial charge in [0, 0.05) is 6.92 Å². The smallest absolute Gasteiger partial charge is 0.308 e. The molecule has 1 aromatic rings. The van der Waals surface area contributed by atoms with Gasteiger partial charge in [-0.3, -0.25) is 9.59 Å². The van der Waals surface area contributed by atoms with Crippen LogP contribution in [0.2, 0.25) is 0 Å². The molecule has 4 N–H and O–H groups in total. The number of aliphatic hydroxyl groups excluding tert-OH is 3. The van der Waals surface area contributed by atoms with Gasteiger partial charge in [0.1, 0.15) is 24.9 Å². The second-order valence-corrected chi connectivity index (χ2v) is 6.55. The molecule has 152 valence electrons. The van der Waals surface area contributed by atoms with Crippen molar-refractivity contribution < 1.29 is 34.4 Å². The standard InChI is InChI=1S/C19H29NO7/c1-12(2)27-19(18(25)16(23)10-21)15(20-13(3)22)9-17(24)26-11-14-7-5-4-6-8-14/h4-8,12,15-16,18-19,21,23,25H,9-11H2,1-3H3,(H,20,22)/t15?,16?,18-,19?/m0/s1. The molecule has 1 rings (SSSR count). The minimum Gasteiger partial charge on any atom is -0.461 e. The van der Waals surface area contributed by atoms with E-state index in [1.807, 2.05) is 30.3 Å². The molecular weight excluding hydrogens is 354 g/mol. The molecule has 0 aromatic heterocycles. The molecule has 8 heteroatoms. The Labute approximate surface area is 159 Å². The molecule has 4 atom stereocenters. The fraction of sp³-hybridized carbons (Fsp3) is 0.579. The van der Waals surface area contributed by atoms with Gasteiger partial charge in [0.15, 0.2) is 0 Å². The summed E-state index contributed by atoms with van der Waals surface area (Å²) in [6.07, 6.45) is -4.71. The van der Waals surface area contributed by atoms with Gasteiger partial charge in [-0.25, -0.2) is 0 Å². The van der Waals surface area contributed by atoms with E-state index >= 15 is 0 Å². The molecule has 0 bridgehead atoms. The Bertz CT molecular complexity index is 579. The molecule has 0 spiro atoms. The fourth-order valence-corrected chi connectivity index (χ4v) is 2.54. The highest BCUT2D eigenvalue weighted by Gasteiger charge is 2.36. The summed E-state index contributed by atoms with van der Waals surface area (Å²) in [6, 6.07) is 8.17. The molecule has 8 nitrogen and oxygen atoms in total. The van der Waals surface area contributed by atoms with Crippen LogP contribution in [0.5, 0.6) is 0 Å². The lowest BCUT2D eigenvalue weighted by Gasteiger charge is -2.34. The number of nitrogens with one attached hydrogen (secondary N) is 1. The number of benzene rings is 1. The summed E-state index contributed by atoms with van der Waals surface area (Å²) >= 11 is 0. The zero-order valence-corrected chi connectivity index (χ0v) is 15.9. The summed E-state index contributed by atoms with van der Waals surface area (Å²) in [5, 5.41) is 31.7. The zero-order chi connectivity index (χ0) is 20.4. The van der Waals surface area contributed by atoms with Gasteiger partial charge >= 0.3 is 5.97 Å². The number of hydrogen-bond donors (Lipinski definition) is 4. The van der Waals surface area contributed by atoms with Gasteiger partial charge in [0.25, 0.3) is 0 Å². The molecule has 1 amide bonds. The molecule has 1 aromatic carbocycles. The van der Waals surface area contributed by atoms with Gasteiger partial charge in [-0.2, -0.15) is 0 Å². The number of carbonyl (C=O) groups excluding carboxylic acids is 2. The van der Waals surface area contributed by atoms with E-state index in [1.54, 1.807) is 13.8 Å². The molecular formula is C19H29NO7. The number of aliphatic hydroxyl groups is 3. The summed E-state index contributed by atoms with van der Waals surface area (Å²) in [5.41, 5.74) is 0.813. The lowest BCUT2D eigenvalue weighted by molar-refractivity contribution is -0.153. The van der Waals surface area contributed by atoms with Crippen molar-refractivity contribution in [3.8, 4) is 0 Å². The lowest BCUT2D eigenvalue weighted by Crippen LogP contribution is -2.55. The first kappa shape index (κ1) is 23.0. The maximum absolute atomic E-state index is 12.2. The van der Waals surface area contributed by atoms with Crippen LogP contribution in [0.1, 0.15) is 32.8 Å². The average molecular weight is 383 g/mol. The van der Waals surface area contributed by atoms with Crippen molar-refractivity contribution in [1.82, 2.24) is 5.32 Å². The van der Waals surface area contributed by atoms with Crippen molar-refractivity contribution in [1.29, 1.82) is 0 Å². The SMILES string of the molecule is CC(=O)NC(CC(=O)OCc1ccccc1)C(OC(C)C)[C@@H](O)C(O)CO. The quantitative estimate of drug-likeness (QED) is 0.400. The van der Waals surface area contributed by atoms with Crippen LogP contribution in [-0.2, 0) is 25.7 Å². The van der Waals surface area contributed by atoms with Gasteiger partial charge in [-0.1, -0.05) is 30.3 Å². The first-order valence-electron chi connectivity index (χ1n) is 8.83. The van der Waals surface area contributed by atoms with Gasteiger partial charge in [-0.05, 0) is 19.4 Å². The molecule has 0 heterocycles. The Morgan fingerprint density at radius 3 is 2.30 bits per heavy atom. The second kappa shape index (κ2) is 11.7. The number of ether oxygens (including phenoxy) is 2. The molecule has 0 aliphatic heterocycles. The number of carbonyl (C=O) groups is 2. The molecule has 0 aliphatic rings. The van der Waals surface area contributed by atoms with Crippen molar-refractivity contribution in [3.63, 3.8) is 0 Å². The largest absolute Gasteiger partial charge is 0.461 e. The number of hydrogen-bond acceptors (Lipinski definition) is 7. The molecule has 0 saturated heterocycles. The van der Waals surface area contributed by atoms with Crippen molar-refractivity contribution in [2.75, 3.05) is 6.61 Å². The molecule has 0 radical (unpaired) electrons.